The summed E-state index contributed by atoms with van der Waals surface area (Å²) >= 11 is 7.48. The second-order valence-electron chi connectivity index (χ2n) is 5.25. The summed E-state index contributed by atoms with van der Waals surface area (Å²) in [6, 6.07) is 0. The van der Waals surface area contributed by atoms with E-state index in [9.17, 15) is 0 Å². The van der Waals surface area contributed by atoms with E-state index in [0.29, 0.717) is 10.6 Å². The fraction of sp³-hybridized carbons (Fsp3) is 0.727. The van der Waals surface area contributed by atoms with E-state index in [1.807, 2.05) is 5.38 Å². The summed E-state index contributed by atoms with van der Waals surface area (Å²) in [4.78, 5) is 6.67. The number of hydrogen-bond acceptors (Lipinski definition) is 3. The first-order valence-corrected chi connectivity index (χ1v) is 6.58. The van der Waals surface area contributed by atoms with Crippen molar-refractivity contribution < 1.29 is 0 Å². The number of rotatable bonds is 1. The molecule has 2 nitrogen and oxygen atoms in total. The Morgan fingerprint density at radius 2 is 2.27 bits per heavy atom. The zero-order valence-electron chi connectivity index (χ0n) is 9.46. The molecule has 0 N–H and O–H groups in total. The number of aromatic nitrogens is 1. The summed E-state index contributed by atoms with van der Waals surface area (Å²) in [5, 5.41) is 3.60. The van der Waals surface area contributed by atoms with Crippen LogP contribution in [0.15, 0.2) is 5.38 Å². The van der Waals surface area contributed by atoms with Gasteiger partial charge in [-0.3, -0.25) is 0 Å². The van der Waals surface area contributed by atoms with Crippen molar-refractivity contribution in [3.63, 3.8) is 0 Å². The molecule has 1 aromatic rings. The van der Waals surface area contributed by atoms with Crippen LogP contribution in [0.2, 0.25) is 5.15 Å². The molecule has 0 amide bonds. The molecule has 1 aliphatic rings. The second kappa shape index (κ2) is 3.95. The minimum Gasteiger partial charge on any atom is -0.348 e. The normalized spacial score (nSPS) is 22.4. The van der Waals surface area contributed by atoms with E-state index in [4.69, 9.17) is 11.6 Å². The fourth-order valence-corrected chi connectivity index (χ4v) is 3.02. The number of halogens is 1. The Balaban J connectivity index is 2.04. The second-order valence-corrected chi connectivity index (χ2v) is 6.47. The lowest BCUT2D eigenvalue weighted by molar-refractivity contribution is 0.263. The van der Waals surface area contributed by atoms with Crippen molar-refractivity contribution in [1.82, 2.24) is 4.98 Å². The third kappa shape index (κ3) is 2.45. The van der Waals surface area contributed by atoms with Gasteiger partial charge in [0.05, 0.1) is 0 Å². The summed E-state index contributed by atoms with van der Waals surface area (Å²) < 4.78 is 0. The Bertz CT molecular complexity index is 343. The molecule has 0 spiro atoms. The Morgan fingerprint density at radius 1 is 1.53 bits per heavy atom. The van der Waals surface area contributed by atoms with Crippen molar-refractivity contribution >= 4 is 28.1 Å². The van der Waals surface area contributed by atoms with Gasteiger partial charge in [-0.2, -0.15) is 0 Å². The molecule has 1 fully saturated rings. The first-order chi connectivity index (χ1) is 6.97. The van der Waals surface area contributed by atoms with Gasteiger partial charge in [0.25, 0.3) is 0 Å². The van der Waals surface area contributed by atoms with E-state index in [2.05, 4.69) is 30.7 Å². The fourth-order valence-electron chi connectivity index (χ4n) is 2.03. The quantitative estimate of drug-likeness (QED) is 0.750. The molecule has 1 aromatic heterocycles. The molecule has 0 aliphatic carbocycles. The Morgan fingerprint density at radius 3 is 2.73 bits per heavy atom. The van der Waals surface area contributed by atoms with Crippen molar-refractivity contribution in [3.8, 4) is 0 Å². The molecule has 84 valence electrons. The van der Waals surface area contributed by atoms with Gasteiger partial charge in [0, 0.05) is 18.5 Å². The average molecular weight is 245 g/mol. The third-order valence-electron chi connectivity index (χ3n) is 3.15. The van der Waals surface area contributed by atoms with Crippen molar-refractivity contribution in [2.75, 3.05) is 18.0 Å². The number of anilines is 1. The lowest BCUT2D eigenvalue weighted by atomic mass is 9.80. The van der Waals surface area contributed by atoms with E-state index >= 15 is 0 Å². The predicted molar refractivity (Wildman–Crippen MR) is 66.9 cm³/mol. The molecule has 0 saturated carbocycles. The van der Waals surface area contributed by atoms with Crippen LogP contribution >= 0.6 is 22.9 Å². The van der Waals surface area contributed by atoms with Crippen LogP contribution in [-0.2, 0) is 0 Å². The van der Waals surface area contributed by atoms with E-state index < -0.39 is 0 Å². The SMILES string of the molecule is CC(C)(C)C1CCN(c2nc(Cl)cs2)C1. The zero-order valence-corrected chi connectivity index (χ0v) is 11.0. The van der Waals surface area contributed by atoms with Gasteiger partial charge in [0.2, 0.25) is 0 Å². The van der Waals surface area contributed by atoms with Gasteiger partial charge in [-0.15, -0.1) is 11.3 Å². The highest BCUT2D eigenvalue weighted by Crippen LogP contribution is 2.36. The molecule has 4 heteroatoms. The maximum Gasteiger partial charge on any atom is 0.186 e. The number of hydrogen-bond donors (Lipinski definition) is 0. The van der Waals surface area contributed by atoms with Gasteiger partial charge >= 0.3 is 0 Å². The molecule has 0 bridgehead atoms. The molecule has 1 unspecified atom stereocenters. The van der Waals surface area contributed by atoms with Crippen LogP contribution in [-0.4, -0.2) is 18.1 Å². The maximum atomic E-state index is 5.84. The van der Waals surface area contributed by atoms with Crippen molar-refractivity contribution in [2.45, 2.75) is 27.2 Å². The van der Waals surface area contributed by atoms with E-state index in [1.54, 1.807) is 11.3 Å². The van der Waals surface area contributed by atoms with Crippen LogP contribution in [0.25, 0.3) is 0 Å². The van der Waals surface area contributed by atoms with Crippen LogP contribution in [0.4, 0.5) is 5.13 Å². The molecule has 1 saturated heterocycles. The smallest absolute Gasteiger partial charge is 0.186 e. The molecule has 2 heterocycles. The number of nitrogens with zero attached hydrogens (tertiary/aromatic N) is 2. The zero-order chi connectivity index (χ0) is 11.1. The van der Waals surface area contributed by atoms with Crippen molar-refractivity contribution in [3.05, 3.63) is 10.5 Å². The van der Waals surface area contributed by atoms with E-state index in [1.165, 1.54) is 6.42 Å². The molecule has 2 rings (SSSR count). The molecule has 1 aliphatic heterocycles. The number of thiazole rings is 1. The monoisotopic (exact) mass is 244 g/mol. The highest BCUT2D eigenvalue weighted by Gasteiger charge is 2.32. The average Bonchev–Trinajstić information content (AvgIpc) is 2.69. The van der Waals surface area contributed by atoms with Crippen LogP contribution in [0.3, 0.4) is 0 Å². The van der Waals surface area contributed by atoms with E-state index in [-0.39, 0.29) is 0 Å². The largest absolute Gasteiger partial charge is 0.348 e. The molecule has 0 radical (unpaired) electrons. The Hall–Kier alpha value is -0.280. The summed E-state index contributed by atoms with van der Waals surface area (Å²) in [6.07, 6.45) is 1.26. The molecule has 1 atom stereocenters. The van der Waals surface area contributed by atoms with Crippen LogP contribution in [0.5, 0.6) is 0 Å². The van der Waals surface area contributed by atoms with Gasteiger partial charge in [0.1, 0.15) is 5.15 Å². The third-order valence-corrected chi connectivity index (χ3v) is 4.37. The highest BCUT2D eigenvalue weighted by molar-refractivity contribution is 7.14. The van der Waals surface area contributed by atoms with Gasteiger partial charge in [-0.05, 0) is 17.8 Å². The van der Waals surface area contributed by atoms with Crippen LogP contribution in [0.1, 0.15) is 27.2 Å². The first kappa shape index (κ1) is 11.2. The van der Waals surface area contributed by atoms with Gasteiger partial charge in [-0.1, -0.05) is 32.4 Å². The maximum absolute atomic E-state index is 5.84. The standard InChI is InChI=1S/C11H17ClN2S/c1-11(2,3)8-4-5-14(6-8)10-13-9(12)7-15-10/h7-8H,4-6H2,1-3H3. The Labute approximate surface area is 100 Å². The topological polar surface area (TPSA) is 16.1 Å². The van der Waals surface area contributed by atoms with E-state index in [0.717, 1.165) is 24.1 Å². The van der Waals surface area contributed by atoms with Crippen LogP contribution < -0.4 is 4.90 Å². The van der Waals surface area contributed by atoms with Gasteiger partial charge < -0.3 is 4.90 Å². The summed E-state index contributed by atoms with van der Waals surface area (Å²) in [5.41, 5.74) is 0.399. The summed E-state index contributed by atoms with van der Waals surface area (Å²) in [7, 11) is 0. The lowest BCUT2D eigenvalue weighted by Crippen LogP contribution is -2.25. The molecular formula is C11H17ClN2S. The Kier molecular flexibility index (Phi) is 2.95. The van der Waals surface area contributed by atoms with Crippen molar-refractivity contribution in [2.24, 2.45) is 11.3 Å². The van der Waals surface area contributed by atoms with Gasteiger partial charge in [-0.25, -0.2) is 4.98 Å². The highest BCUT2D eigenvalue weighted by atomic mass is 35.5. The summed E-state index contributed by atoms with van der Waals surface area (Å²) in [5.74, 6) is 0.764. The van der Waals surface area contributed by atoms with Crippen molar-refractivity contribution in [1.29, 1.82) is 0 Å². The van der Waals surface area contributed by atoms with Gasteiger partial charge in [0.15, 0.2) is 5.13 Å². The minimum atomic E-state index is 0.399. The predicted octanol–water partition coefficient (Wildman–Crippen LogP) is 3.67. The first-order valence-electron chi connectivity index (χ1n) is 5.33. The lowest BCUT2D eigenvalue weighted by Gasteiger charge is -2.26. The minimum absolute atomic E-state index is 0.399. The molecule has 0 aromatic carbocycles. The summed E-state index contributed by atoms with van der Waals surface area (Å²) in [6.45, 7) is 9.18. The molecular weight excluding hydrogens is 228 g/mol. The van der Waals surface area contributed by atoms with Crippen LogP contribution in [0, 0.1) is 11.3 Å². The molecule has 15 heavy (non-hydrogen) atoms.